The zero-order valence-electron chi connectivity index (χ0n) is 16.6. The normalized spacial score (nSPS) is 16.9. The summed E-state index contributed by atoms with van der Waals surface area (Å²) in [6.45, 7) is 12.8. The number of quaternary nitrogens is 1. The van der Waals surface area contributed by atoms with E-state index in [1.54, 1.807) is 9.47 Å². The largest absolute Gasteiger partial charge is 0.332 e. The Labute approximate surface area is 164 Å². The molecule has 1 aliphatic heterocycles. The fourth-order valence-corrected chi connectivity index (χ4v) is 4.65. The Morgan fingerprint density at radius 2 is 1.89 bits per heavy atom. The van der Waals surface area contributed by atoms with Gasteiger partial charge in [-0.2, -0.15) is 0 Å². The molecule has 0 aliphatic carbocycles. The van der Waals surface area contributed by atoms with Crippen LogP contribution in [0.2, 0.25) is 0 Å². The first-order chi connectivity index (χ1) is 12.9. The number of para-hydroxylation sites is 1. The van der Waals surface area contributed by atoms with E-state index in [1.165, 1.54) is 11.8 Å². The molecule has 0 radical (unpaired) electrons. The van der Waals surface area contributed by atoms with Gasteiger partial charge in [0.25, 0.3) is 5.56 Å². The standard InChI is InChI=1S/C20H28N4O2S/c1-5-22-10-12-23(13-11-22)18(25)15(4)27-20-21-17-9-7-6-8-16(17)19(26)24(20)14(2)3/h6-9,14-15H,5,10-13H2,1-4H3/p+1/t15-/m1/s1. The summed E-state index contributed by atoms with van der Waals surface area (Å²) in [7, 11) is 0. The first-order valence-electron chi connectivity index (χ1n) is 9.72. The molecule has 27 heavy (non-hydrogen) atoms. The summed E-state index contributed by atoms with van der Waals surface area (Å²) in [5.74, 6) is 0.132. The third kappa shape index (κ3) is 4.19. The number of carbonyl (C=O) groups is 1. The fourth-order valence-electron chi connectivity index (χ4n) is 3.53. The molecule has 6 nitrogen and oxygen atoms in total. The molecule has 0 saturated carbocycles. The summed E-state index contributed by atoms with van der Waals surface area (Å²) in [5.41, 5.74) is 0.639. The maximum Gasteiger partial charge on any atom is 0.262 e. The predicted molar refractivity (Wildman–Crippen MR) is 110 cm³/mol. The second kappa shape index (κ2) is 8.44. The van der Waals surface area contributed by atoms with Crippen LogP contribution in [0.3, 0.4) is 0 Å². The third-order valence-electron chi connectivity index (χ3n) is 5.20. The monoisotopic (exact) mass is 389 g/mol. The Morgan fingerprint density at radius 1 is 1.22 bits per heavy atom. The molecule has 2 heterocycles. The molecule has 1 fully saturated rings. The second-order valence-electron chi connectivity index (χ2n) is 7.37. The molecule has 7 heteroatoms. The van der Waals surface area contributed by atoms with E-state index in [9.17, 15) is 9.59 Å². The van der Waals surface area contributed by atoms with Crippen molar-refractivity contribution in [3.8, 4) is 0 Å². The predicted octanol–water partition coefficient (Wildman–Crippen LogP) is 1.20. The summed E-state index contributed by atoms with van der Waals surface area (Å²) >= 11 is 1.39. The van der Waals surface area contributed by atoms with Crippen LogP contribution in [0.15, 0.2) is 34.2 Å². The van der Waals surface area contributed by atoms with E-state index in [2.05, 4.69) is 6.92 Å². The molecule has 1 aromatic heterocycles. The molecule has 1 aromatic carbocycles. The highest BCUT2D eigenvalue weighted by Gasteiger charge is 2.28. The van der Waals surface area contributed by atoms with Crippen LogP contribution in [0, 0.1) is 0 Å². The van der Waals surface area contributed by atoms with Crippen LogP contribution in [-0.2, 0) is 4.79 Å². The van der Waals surface area contributed by atoms with Crippen LogP contribution in [-0.4, -0.2) is 58.3 Å². The second-order valence-corrected chi connectivity index (χ2v) is 8.68. The van der Waals surface area contributed by atoms with Crippen LogP contribution >= 0.6 is 11.8 Å². The topological polar surface area (TPSA) is 59.6 Å². The number of hydrogen-bond donors (Lipinski definition) is 1. The van der Waals surface area contributed by atoms with Gasteiger partial charge in [-0.05, 0) is 39.8 Å². The van der Waals surface area contributed by atoms with Crippen molar-refractivity contribution in [1.29, 1.82) is 0 Å². The van der Waals surface area contributed by atoms with Gasteiger partial charge in [0, 0.05) is 6.04 Å². The van der Waals surface area contributed by atoms with E-state index in [4.69, 9.17) is 4.98 Å². The quantitative estimate of drug-likeness (QED) is 0.617. The number of carbonyl (C=O) groups excluding carboxylic acids is 1. The molecule has 2 aromatic rings. The Hall–Kier alpha value is -1.86. The lowest BCUT2D eigenvalue weighted by molar-refractivity contribution is -0.902. The number of aromatic nitrogens is 2. The lowest BCUT2D eigenvalue weighted by Crippen LogP contribution is -3.14. The van der Waals surface area contributed by atoms with Gasteiger partial charge in [0.1, 0.15) is 0 Å². The van der Waals surface area contributed by atoms with Crippen molar-refractivity contribution in [2.75, 3.05) is 32.7 Å². The number of amides is 1. The molecule has 1 saturated heterocycles. The molecule has 0 unspecified atom stereocenters. The minimum absolute atomic E-state index is 0.0175. The van der Waals surface area contributed by atoms with Gasteiger partial charge in [-0.3, -0.25) is 14.2 Å². The van der Waals surface area contributed by atoms with Gasteiger partial charge in [0.2, 0.25) is 5.91 Å². The number of benzene rings is 1. The lowest BCUT2D eigenvalue weighted by Gasteiger charge is -2.33. The number of piperazine rings is 1. The van der Waals surface area contributed by atoms with Gasteiger partial charge in [-0.15, -0.1) is 0 Å². The lowest BCUT2D eigenvalue weighted by atomic mass is 10.2. The van der Waals surface area contributed by atoms with Crippen LogP contribution in [0.5, 0.6) is 0 Å². The van der Waals surface area contributed by atoms with Crippen molar-refractivity contribution in [3.63, 3.8) is 0 Å². The first-order valence-corrected chi connectivity index (χ1v) is 10.6. The third-order valence-corrected chi connectivity index (χ3v) is 6.26. The van der Waals surface area contributed by atoms with Crippen molar-refractivity contribution < 1.29 is 9.69 Å². The molecular weight excluding hydrogens is 360 g/mol. The summed E-state index contributed by atoms with van der Waals surface area (Å²) in [6.07, 6.45) is 0. The SMILES string of the molecule is CC[NH+]1CCN(C(=O)[C@@H](C)Sc2nc3ccccc3c(=O)n2C(C)C)CC1. The molecule has 0 spiro atoms. The van der Waals surface area contributed by atoms with Crippen molar-refractivity contribution in [3.05, 3.63) is 34.6 Å². The highest BCUT2D eigenvalue weighted by molar-refractivity contribution is 8.00. The highest BCUT2D eigenvalue weighted by Crippen LogP contribution is 2.25. The van der Waals surface area contributed by atoms with Crippen LogP contribution in [0.4, 0.5) is 0 Å². The number of hydrogen-bond acceptors (Lipinski definition) is 4. The Balaban J connectivity index is 1.84. The van der Waals surface area contributed by atoms with Gasteiger partial charge in [0.15, 0.2) is 5.16 Å². The van der Waals surface area contributed by atoms with E-state index in [0.717, 1.165) is 32.7 Å². The average molecular weight is 390 g/mol. The Morgan fingerprint density at radius 3 is 2.52 bits per heavy atom. The van der Waals surface area contributed by atoms with Crippen molar-refractivity contribution in [1.82, 2.24) is 14.5 Å². The number of likely N-dealkylation sites (N-methyl/N-ethyl adjacent to an activating group) is 1. The molecule has 0 bridgehead atoms. The van der Waals surface area contributed by atoms with E-state index < -0.39 is 0 Å². The van der Waals surface area contributed by atoms with Crippen LogP contribution in [0.25, 0.3) is 10.9 Å². The number of fused-ring (bicyclic) bond motifs is 1. The minimum Gasteiger partial charge on any atom is -0.332 e. The number of thioether (sulfide) groups is 1. The summed E-state index contributed by atoms with van der Waals surface area (Å²) in [6, 6.07) is 7.38. The fraction of sp³-hybridized carbons (Fsp3) is 0.550. The van der Waals surface area contributed by atoms with E-state index in [1.807, 2.05) is 49.9 Å². The zero-order chi connectivity index (χ0) is 19.6. The van der Waals surface area contributed by atoms with Crippen molar-refractivity contribution >= 4 is 28.6 Å². The van der Waals surface area contributed by atoms with Crippen LogP contribution in [0.1, 0.15) is 33.7 Å². The van der Waals surface area contributed by atoms with E-state index in [-0.39, 0.29) is 22.8 Å². The molecule has 3 rings (SSSR count). The maximum absolute atomic E-state index is 12.9. The van der Waals surface area contributed by atoms with Gasteiger partial charge in [0.05, 0.1) is 48.9 Å². The number of rotatable bonds is 5. The summed E-state index contributed by atoms with van der Waals surface area (Å²) in [5, 5.41) is 0.965. The molecule has 1 aliphatic rings. The average Bonchev–Trinajstić information content (AvgIpc) is 2.67. The maximum atomic E-state index is 12.9. The van der Waals surface area contributed by atoms with Crippen LogP contribution < -0.4 is 10.5 Å². The smallest absolute Gasteiger partial charge is 0.262 e. The Kier molecular flexibility index (Phi) is 6.22. The van der Waals surface area contributed by atoms with E-state index >= 15 is 0 Å². The number of nitrogens with zero attached hydrogens (tertiary/aromatic N) is 3. The van der Waals surface area contributed by atoms with Crippen molar-refractivity contribution in [2.45, 2.75) is 44.1 Å². The van der Waals surface area contributed by atoms with Gasteiger partial charge >= 0.3 is 0 Å². The van der Waals surface area contributed by atoms with Crippen molar-refractivity contribution in [2.24, 2.45) is 0 Å². The molecule has 1 amide bonds. The zero-order valence-corrected chi connectivity index (χ0v) is 17.4. The minimum atomic E-state index is -0.272. The molecule has 1 atom stereocenters. The van der Waals surface area contributed by atoms with Gasteiger partial charge in [-0.1, -0.05) is 23.9 Å². The van der Waals surface area contributed by atoms with Gasteiger partial charge in [-0.25, -0.2) is 4.98 Å². The van der Waals surface area contributed by atoms with Gasteiger partial charge < -0.3 is 9.80 Å². The summed E-state index contributed by atoms with van der Waals surface area (Å²) in [4.78, 5) is 34.0. The molecular formula is C20H29N4O2S+. The molecule has 1 N–H and O–H groups in total. The number of nitrogens with one attached hydrogen (secondary N) is 1. The van der Waals surface area contributed by atoms with E-state index in [0.29, 0.717) is 16.1 Å². The molecule has 146 valence electrons. The highest BCUT2D eigenvalue weighted by atomic mass is 32.2. The Bertz CT molecular complexity index is 872. The first kappa shape index (κ1) is 19.9. The summed E-state index contributed by atoms with van der Waals surface area (Å²) < 4.78 is 1.70.